The third kappa shape index (κ3) is 1.85. The molecule has 1 fully saturated rings. The average molecular weight is 152 g/mol. The lowest BCUT2D eigenvalue weighted by Crippen LogP contribution is -2.29. The fourth-order valence-corrected chi connectivity index (χ4v) is 2.03. The second-order valence-corrected chi connectivity index (χ2v) is 4.67. The lowest BCUT2D eigenvalue weighted by molar-refractivity contribution is 0.126. The lowest BCUT2D eigenvalue weighted by atomic mass is 9.66. The molecule has 1 aliphatic rings. The van der Waals surface area contributed by atoms with Gasteiger partial charge in [0.25, 0.3) is 0 Å². The first-order valence-electron chi connectivity index (χ1n) is 4.69. The molecule has 1 rings (SSSR count). The molecular weight excluding hydrogens is 132 g/mol. The zero-order chi connectivity index (χ0) is 8.48. The van der Waals surface area contributed by atoms with Gasteiger partial charge < -0.3 is 0 Å². The van der Waals surface area contributed by atoms with E-state index < -0.39 is 0 Å². The summed E-state index contributed by atoms with van der Waals surface area (Å²) in [7, 11) is 0. The molecule has 0 aromatic heterocycles. The standard InChI is InChI=1S/C11H20/c1-5-10-7-6-9(2)11(3,4)8-10/h5,9-10H,1,6-8H2,2-4H3. The van der Waals surface area contributed by atoms with Gasteiger partial charge in [-0.1, -0.05) is 26.8 Å². The normalized spacial score (nSPS) is 36.6. The Balaban J connectivity index is 2.58. The molecule has 0 heterocycles. The Labute approximate surface area is 70.7 Å². The fraction of sp³-hybridized carbons (Fsp3) is 0.818. The van der Waals surface area contributed by atoms with Crippen LogP contribution < -0.4 is 0 Å². The first-order chi connectivity index (χ1) is 5.06. The highest BCUT2D eigenvalue weighted by molar-refractivity contribution is 4.91. The molecule has 0 saturated heterocycles. The Morgan fingerprint density at radius 2 is 2.00 bits per heavy atom. The molecule has 0 amide bonds. The minimum absolute atomic E-state index is 0.539. The average Bonchev–Trinajstić information content (AvgIpc) is 1.95. The minimum atomic E-state index is 0.539. The molecule has 0 aromatic carbocycles. The molecule has 0 spiro atoms. The zero-order valence-electron chi connectivity index (χ0n) is 8.06. The van der Waals surface area contributed by atoms with Crippen molar-refractivity contribution in [2.24, 2.45) is 17.3 Å². The summed E-state index contributed by atoms with van der Waals surface area (Å²) in [5, 5.41) is 0. The molecule has 64 valence electrons. The van der Waals surface area contributed by atoms with Gasteiger partial charge in [0.05, 0.1) is 0 Å². The van der Waals surface area contributed by atoms with Crippen LogP contribution >= 0.6 is 0 Å². The van der Waals surface area contributed by atoms with Gasteiger partial charge in [0.1, 0.15) is 0 Å². The van der Waals surface area contributed by atoms with Crippen LogP contribution in [0.15, 0.2) is 12.7 Å². The first kappa shape index (κ1) is 8.83. The predicted molar refractivity (Wildman–Crippen MR) is 50.5 cm³/mol. The molecule has 0 N–H and O–H groups in total. The second kappa shape index (κ2) is 3.00. The predicted octanol–water partition coefficient (Wildman–Crippen LogP) is 3.63. The van der Waals surface area contributed by atoms with E-state index in [1.807, 2.05) is 0 Å². The number of hydrogen-bond acceptors (Lipinski definition) is 0. The summed E-state index contributed by atoms with van der Waals surface area (Å²) >= 11 is 0. The van der Waals surface area contributed by atoms with Gasteiger partial charge in [-0.15, -0.1) is 6.58 Å². The van der Waals surface area contributed by atoms with Crippen molar-refractivity contribution in [1.82, 2.24) is 0 Å². The van der Waals surface area contributed by atoms with Crippen molar-refractivity contribution in [3.05, 3.63) is 12.7 Å². The van der Waals surface area contributed by atoms with E-state index in [1.54, 1.807) is 0 Å². The summed E-state index contributed by atoms with van der Waals surface area (Å²) in [4.78, 5) is 0. The molecule has 0 nitrogen and oxygen atoms in total. The topological polar surface area (TPSA) is 0 Å². The summed E-state index contributed by atoms with van der Waals surface area (Å²) < 4.78 is 0. The molecule has 11 heavy (non-hydrogen) atoms. The van der Waals surface area contributed by atoms with Gasteiger partial charge in [-0.05, 0) is 36.5 Å². The van der Waals surface area contributed by atoms with Crippen molar-refractivity contribution in [2.75, 3.05) is 0 Å². The maximum atomic E-state index is 3.87. The zero-order valence-corrected chi connectivity index (χ0v) is 8.06. The first-order valence-corrected chi connectivity index (χ1v) is 4.69. The number of rotatable bonds is 1. The van der Waals surface area contributed by atoms with Gasteiger partial charge in [-0.3, -0.25) is 0 Å². The molecule has 0 heteroatoms. The third-order valence-corrected chi connectivity index (χ3v) is 3.43. The molecule has 1 saturated carbocycles. The monoisotopic (exact) mass is 152 g/mol. The van der Waals surface area contributed by atoms with E-state index in [0.29, 0.717) is 5.41 Å². The fourth-order valence-electron chi connectivity index (χ4n) is 2.03. The quantitative estimate of drug-likeness (QED) is 0.503. The van der Waals surface area contributed by atoms with Gasteiger partial charge in [-0.2, -0.15) is 0 Å². The van der Waals surface area contributed by atoms with Gasteiger partial charge in [0.2, 0.25) is 0 Å². The Bertz CT molecular complexity index is 144. The highest BCUT2D eigenvalue weighted by atomic mass is 14.4. The van der Waals surface area contributed by atoms with E-state index in [-0.39, 0.29) is 0 Å². The van der Waals surface area contributed by atoms with Crippen LogP contribution in [0, 0.1) is 17.3 Å². The Morgan fingerprint density at radius 1 is 1.36 bits per heavy atom. The highest BCUT2D eigenvalue weighted by Gasteiger charge is 2.32. The maximum Gasteiger partial charge on any atom is -0.0231 e. The van der Waals surface area contributed by atoms with E-state index in [2.05, 4.69) is 33.4 Å². The van der Waals surface area contributed by atoms with Crippen molar-refractivity contribution in [3.63, 3.8) is 0 Å². The van der Waals surface area contributed by atoms with Crippen LogP contribution in [0.3, 0.4) is 0 Å². The third-order valence-electron chi connectivity index (χ3n) is 3.43. The van der Waals surface area contributed by atoms with Crippen LogP contribution in [0.2, 0.25) is 0 Å². The van der Waals surface area contributed by atoms with Crippen molar-refractivity contribution < 1.29 is 0 Å². The second-order valence-electron chi connectivity index (χ2n) is 4.67. The van der Waals surface area contributed by atoms with Crippen LogP contribution in [0.25, 0.3) is 0 Å². The van der Waals surface area contributed by atoms with Gasteiger partial charge in [-0.25, -0.2) is 0 Å². The van der Waals surface area contributed by atoms with Crippen molar-refractivity contribution in [2.45, 2.75) is 40.0 Å². The summed E-state index contributed by atoms with van der Waals surface area (Å²) in [6, 6.07) is 0. The minimum Gasteiger partial charge on any atom is -0.103 e. The number of allylic oxidation sites excluding steroid dienone is 1. The molecule has 1 aliphatic carbocycles. The summed E-state index contributed by atoms with van der Waals surface area (Å²) in [5.74, 6) is 1.67. The van der Waals surface area contributed by atoms with E-state index >= 15 is 0 Å². The van der Waals surface area contributed by atoms with Gasteiger partial charge in [0.15, 0.2) is 0 Å². The van der Waals surface area contributed by atoms with E-state index in [4.69, 9.17) is 0 Å². The summed E-state index contributed by atoms with van der Waals surface area (Å²) in [5.41, 5.74) is 0.539. The van der Waals surface area contributed by atoms with Crippen molar-refractivity contribution >= 4 is 0 Å². The van der Waals surface area contributed by atoms with Crippen molar-refractivity contribution in [3.8, 4) is 0 Å². The van der Waals surface area contributed by atoms with Crippen LogP contribution in [0.4, 0.5) is 0 Å². The van der Waals surface area contributed by atoms with E-state index in [1.165, 1.54) is 19.3 Å². The Morgan fingerprint density at radius 3 is 2.45 bits per heavy atom. The molecule has 0 bridgehead atoms. The van der Waals surface area contributed by atoms with E-state index in [9.17, 15) is 0 Å². The smallest absolute Gasteiger partial charge is 0.0231 e. The molecule has 0 radical (unpaired) electrons. The van der Waals surface area contributed by atoms with Crippen molar-refractivity contribution in [1.29, 1.82) is 0 Å². The molecular formula is C11H20. The number of hydrogen-bond donors (Lipinski definition) is 0. The largest absolute Gasteiger partial charge is 0.103 e. The molecule has 0 aromatic rings. The summed E-state index contributed by atoms with van der Waals surface area (Å²) in [6.45, 7) is 11.0. The lowest BCUT2D eigenvalue weighted by Gasteiger charge is -2.39. The molecule has 2 unspecified atom stereocenters. The van der Waals surface area contributed by atoms with Gasteiger partial charge in [0, 0.05) is 0 Å². The molecule has 0 aliphatic heterocycles. The SMILES string of the molecule is C=CC1CCC(C)C(C)(C)C1. The highest BCUT2D eigenvalue weighted by Crippen LogP contribution is 2.43. The van der Waals surface area contributed by atoms with Crippen LogP contribution in [0.1, 0.15) is 40.0 Å². The van der Waals surface area contributed by atoms with Crippen LogP contribution in [-0.2, 0) is 0 Å². The Hall–Kier alpha value is -0.260. The summed E-state index contributed by atoms with van der Waals surface area (Å²) in [6.07, 6.45) is 6.20. The Kier molecular flexibility index (Phi) is 2.41. The molecule has 2 atom stereocenters. The maximum absolute atomic E-state index is 3.87. The van der Waals surface area contributed by atoms with Crippen LogP contribution in [0.5, 0.6) is 0 Å². The van der Waals surface area contributed by atoms with Crippen LogP contribution in [-0.4, -0.2) is 0 Å². The van der Waals surface area contributed by atoms with Gasteiger partial charge >= 0.3 is 0 Å². The van der Waals surface area contributed by atoms with E-state index in [0.717, 1.165) is 11.8 Å².